The van der Waals surface area contributed by atoms with Crippen molar-refractivity contribution in [3.8, 4) is 5.75 Å². The van der Waals surface area contributed by atoms with E-state index in [1.807, 2.05) is 48.7 Å². The van der Waals surface area contributed by atoms with E-state index in [2.05, 4.69) is 20.5 Å². The molecular weight excluding hydrogens is 424 g/mol. The summed E-state index contributed by atoms with van der Waals surface area (Å²) in [7, 11) is 0. The highest BCUT2D eigenvalue weighted by Gasteiger charge is 2.09. The van der Waals surface area contributed by atoms with Gasteiger partial charge in [-0.2, -0.15) is 0 Å². The number of hydrogen-bond donors (Lipinski definition) is 3. The quantitative estimate of drug-likeness (QED) is 0.407. The summed E-state index contributed by atoms with van der Waals surface area (Å²) in [6.45, 7) is 6.74. The number of aromatic amines is 1. The van der Waals surface area contributed by atoms with Gasteiger partial charge < -0.3 is 25.3 Å². The standard InChI is InChI=1S/C25H31ClN4O2/c26-21-6-9-24-23(17-21)20(18-29-24)3-1-10-28-25(31)19-4-7-22(8-5-19)32-16-2-13-30-14-11-27-12-15-30/h4-9,17-18,27,29H,1-3,10-16H2,(H,28,31). The maximum atomic E-state index is 12.4. The summed E-state index contributed by atoms with van der Waals surface area (Å²) in [5, 5.41) is 8.25. The molecule has 1 amide bonds. The molecule has 170 valence electrons. The van der Waals surface area contributed by atoms with Crippen LogP contribution in [0.2, 0.25) is 5.02 Å². The first-order chi connectivity index (χ1) is 15.7. The van der Waals surface area contributed by atoms with Gasteiger partial charge in [0.2, 0.25) is 0 Å². The molecule has 0 spiro atoms. The predicted octanol–water partition coefficient (Wildman–Crippen LogP) is 3.86. The highest BCUT2D eigenvalue weighted by Crippen LogP contribution is 2.23. The molecule has 0 radical (unpaired) electrons. The van der Waals surface area contributed by atoms with E-state index in [0.717, 1.165) is 73.7 Å². The van der Waals surface area contributed by atoms with E-state index in [1.54, 1.807) is 0 Å². The summed E-state index contributed by atoms with van der Waals surface area (Å²) in [6, 6.07) is 13.2. The number of fused-ring (bicyclic) bond motifs is 1. The van der Waals surface area contributed by atoms with E-state index in [9.17, 15) is 4.79 Å². The number of aryl methyl sites for hydroxylation is 1. The number of amides is 1. The van der Waals surface area contributed by atoms with Crippen LogP contribution in [-0.2, 0) is 6.42 Å². The normalized spacial score (nSPS) is 14.5. The van der Waals surface area contributed by atoms with Gasteiger partial charge in [-0.05, 0) is 67.3 Å². The number of aromatic nitrogens is 1. The van der Waals surface area contributed by atoms with Gasteiger partial charge in [0.15, 0.2) is 0 Å². The van der Waals surface area contributed by atoms with Gasteiger partial charge in [-0.25, -0.2) is 0 Å². The number of nitrogens with one attached hydrogen (secondary N) is 3. The molecule has 2 heterocycles. The third-order valence-corrected chi connectivity index (χ3v) is 6.09. The Labute approximate surface area is 194 Å². The lowest BCUT2D eigenvalue weighted by Gasteiger charge is -2.26. The minimum absolute atomic E-state index is 0.0581. The van der Waals surface area contributed by atoms with Gasteiger partial charge in [0, 0.05) is 67.0 Å². The van der Waals surface area contributed by atoms with E-state index < -0.39 is 0 Å². The fourth-order valence-electron chi connectivity index (χ4n) is 4.06. The van der Waals surface area contributed by atoms with Crippen LogP contribution < -0.4 is 15.4 Å². The summed E-state index contributed by atoms with van der Waals surface area (Å²) in [5.41, 5.74) is 2.95. The number of ether oxygens (including phenoxy) is 1. The molecule has 0 saturated carbocycles. The van der Waals surface area contributed by atoms with E-state index in [1.165, 1.54) is 5.56 Å². The largest absolute Gasteiger partial charge is 0.494 e. The Balaban J connectivity index is 1.15. The molecule has 32 heavy (non-hydrogen) atoms. The Hall–Kier alpha value is -2.54. The van der Waals surface area contributed by atoms with Crippen molar-refractivity contribution in [1.29, 1.82) is 0 Å². The SMILES string of the molecule is O=C(NCCCc1c[nH]c2ccc(Cl)cc12)c1ccc(OCCCN2CCNCC2)cc1. The number of carbonyl (C=O) groups excluding carboxylic acids is 1. The second-order valence-electron chi connectivity index (χ2n) is 8.18. The van der Waals surface area contributed by atoms with Crippen LogP contribution in [0.1, 0.15) is 28.8 Å². The number of carbonyl (C=O) groups is 1. The topological polar surface area (TPSA) is 69.4 Å². The third kappa shape index (κ3) is 6.25. The smallest absolute Gasteiger partial charge is 0.251 e. The van der Waals surface area contributed by atoms with Crippen molar-refractivity contribution in [2.45, 2.75) is 19.3 Å². The van der Waals surface area contributed by atoms with Crippen LogP contribution in [0.4, 0.5) is 0 Å². The molecule has 0 aliphatic carbocycles. The van der Waals surface area contributed by atoms with Crippen molar-refractivity contribution < 1.29 is 9.53 Å². The zero-order chi connectivity index (χ0) is 22.2. The van der Waals surface area contributed by atoms with Crippen molar-refractivity contribution >= 4 is 28.4 Å². The van der Waals surface area contributed by atoms with Crippen molar-refractivity contribution in [3.63, 3.8) is 0 Å². The molecule has 2 aromatic carbocycles. The average Bonchev–Trinajstić information content (AvgIpc) is 3.22. The Morgan fingerprint density at radius 1 is 1.09 bits per heavy atom. The first-order valence-electron chi connectivity index (χ1n) is 11.4. The maximum absolute atomic E-state index is 12.4. The molecule has 4 rings (SSSR count). The molecule has 0 bridgehead atoms. The van der Waals surface area contributed by atoms with Crippen LogP contribution in [0.25, 0.3) is 10.9 Å². The third-order valence-electron chi connectivity index (χ3n) is 5.85. The highest BCUT2D eigenvalue weighted by atomic mass is 35.5. The van der Waals surface area contributed by atoms with Gasteiger partial charge in [-0.15, -0.1) is 0 Å². The summed E-state index contributed by atoms with van der Waals surface area (Å²) in [6.07, 6.45) is 4.76. The summed E-state index contributed by atoms with van der Waals surface area (Å²) in [5.74, 6) is 0.747. The zero-order valence-corrected chi connectivity index (χ0v) is 19.1. The Morgan fingerprint density at radius 3 is 2.72 bits per heavy atom. The van der Waals surface area contributed by atoms with Crippen LogP contribution in [0.3, 0.4) is 0 Å². The number of benzene rings is 2. The fourth-order valence-corrected chi connectivity index (χ4v) is 4.23. The molecule has 7 heteroatoms. The minimum atomic E-state index is -0.0581. The molecule has 0 unspecified atom stereocenters. The fraction of sp³-hybridized carbons (Fsp3) is 0.400. The molecule has 1 fully saturated rings. The lowest BCUT2D eigenvalue weighted by atomic mass is 10.1. The van der Waals surface area contributed by atoms with Crippen molar-refractivity contribution in [1.82, 2.24) is 20.5 Å². The first kappa shape index (κ1) is 22.6. The lowest BCUT2D eigenvalue weighted by molar-refractivity contribution is 0.0953. The van der Waals surface area contributed by atoms with Gasteiger partial charge in [-0.3, -0.25) is 4.79 Å². The molecule has 3 N–H and O–H groups in total. The zero-order valence-electron chi connectivity index (χ0n) is 18.3. The van der Waals surface area contributed by atoms with Crippen LogP contribution in [0, 0.1) is 0 Å². The molecule has 1 aliphatic rings. The Morgan fingerprint density at radius 2 is 1.91 bits per heavy atom. The van der Waals surface area contributed by atoms with Crippen LogP contribution in [0.15, 0.2) is 48.7 Å². The number of H-pyrrole nitrogens is 1. The summed E-state index contributed by atoms with van der Waals surface area (Å²) >= 11 is 6.11. The van der Waals surface area contributed by atoms with E-state index >= 15 is 0 Å². The average molecular weight is 455 g/mol. The second-order valence-corrected chi connectivity index (χ2v) is 8.62. The molecular formula is C25H31ClN4O2. The van der Waals surface area contributed by atoms with Gasteiger partial charge in [0.25, 0.3) is 5.91 Å². The van der Waals surface area contributed by atoms with Gasteiger partial charge >= 0.3 is 0 Å². The van der Waals surface area contributed by atoms with Crippen molar-refractivity contribution in [2.75, 3.05) is 45.9 Å². The summed E-state index contributed by atoms with van der Waals surface area (Å²) < 4.78 is 5.83. The number of rotatable bonds is 10. The number of hydrogen-bond acceptors (Lipinski definition) is 4. The van der Waals surface area contributed by atoms with Gasteiger partial charge in [0.1, 0.15) is 5.75 Å². The minimum Gasteiger partial charge on any atom is -0.494 e. The number of nitrogens with zero attached hydrogens (tertiary/aromatic N) is 1. The molecule has 1 aromatic heterocycles. The predicted molar refractivity (Wildman–Crippen MR) is 130 cm³/mol. The van der Waals surface area contributed by atoms with Crippen molar-refractivity contribution in [3.05, 3.63) is 64.8 Å². The van der Waals surface area contributed by atoms with E-state index in [4.69, 9.17) is 16.3 Å². The number of piperazine rings is 1. The first-order valence-corrected chi connectivity index (χ1v) is 11.8. The van der Waals surface area contributed by atoms with E-state index in [0.29, 0.717) is 18.7 Å². The van der Waals surface area contributed by atoms with Gasteiger partial charge in [-0.1, -0.05) is 11.6 Å². The maximum Gasteiger partial charge on any atom is 0.251 e. The number of halogens is 1. The molecule has 1 saturated heterocycles. The molecule has 1 aliphatic heterocycles. The molecule has 3 aromatic rings. The molecule has 0 atom stereocenters. The monoisotopic (exact) mass is 454 g/mol. The second kappa shape index (κ2) is 11.4. The van der Waals surface area contributed by atoms with Crippen molar-refractivity contribution in [2.24, 2.45) is 0 Å². The summed E-state index contributed by atoms with van der Waals surface area (Å²) in [4.78, 5) is 18.2. The Bertz CT molecular complexity index is 1010. The van der Waals surface area contributed by atoms with Crippen LogP contribution in [0.5, 0.6) is 5.75 Å². The van der Waals surface area contributed by atoms with Gasteiger partial charge in [0.05, 0.1) is 6.61 Å². The van der Waals surface area contributed by atoms with Crippen LogP contribution in [-0.4, -0.2) is 61.7 Å². The lowest BCUT2D eigenvalue weighted by Crippen LogP contribution is -2.43. The van der Waals surface area contributed by atoms with Crippen LogP contribution >= 0.6 is 11.6 Å². The Kier molecular flexibility index (Phi) is 8.04. The molecule has 6 nitrogen and oxygen atoms in total. The van der Waals surface area contributed by atoms with E-state index in [-0.39, 0.29) is 5.91 Å². The highest BCUT2D eigenvalue weighted by molar-refractivity contribution is 6.31.